The zero-order valence-corrected chi connectivity index (χ0v) is 17.1. The van der Waals surface area contributed by atoms with E-state index in [9.17, 15) is 9.59 Å². The molecule has 1 aliphatic carbocycles. The molecule has 0 aliphatic heterocycles. The van der Waals surface area contributed by atoms with E-state index in [-0.39, 0.29) is 17.7 Å². The molecular weight excluding hydrogens is 382 g/mol. The van der Waals surface area contributed by atoms with Gasteiger partial charge in [-0.15, -0.1) is 11.8 Å². The number of anilines is 2. The van der Waals surface area contributed by atoms with Crippen LogP contribution in [-0.2, 0) is 9.59 Å². The van der Waals surface area contributed by atoms with Crippen LogP contribution in [0.5, 0.6) is 0 Å². The fourth-order valence-corrected chi connectivity index (χ4v) is 4.50. The minimum atomic E-state index is -0.0578. The molecule has 3 N–H and O–H groups in total. The molecule has 0 spiro atoms. The highest BCUT2D eigenvalue weighted by molar-refractivity contribution is 8.00. The van der Waals surface area contributed by atoms with E-state index >= 15 is 0 Å². The van der Waals surface area contributed by atoms with Crippen molar-refractivity contribution in [2.24, 2.45) is 5.92 Å². The van der Waals surface area contributed by atoms with Gasteiger partial charge in [0.2, 0.25) is 11.8 Å². The van der Waals surface area contributed by atoms with Gasteiger partial charge in [-0.3, -0.25) is 9.59 Å². The van der Waals surface area contributed by atoms with Crippen LogP contribution in [0.3, 0.4) is 0 Å². The third-order valence-corrected chi connectivity index (χ3v) is 6.28. The molecule has 2 amide bonds. The molecule has 4 rings (SSSR count). The molecule has 1 aliphatic rings. The number of nitrogens with one attached hydrogen (secondary N) is 3. The number of benzene rings is 2. The molecule has 150 valence electrons. The summed E-state index contributed by atoms with van der Waals surface area (Å²) in [5, 5.41) is 7.09. The van der Waals surface area contributed by atoms with E-state index in [0.29, 0.717) is 5.75 Å². The van der Waals surface area contributed by atoms with E-state index in [0.717, 1.165) is 52.9 Å². The van der Waals surface area contributed by atoms with Crippen LogP contribution in [0, 0.1) is 5.92 Å². The lowest BCUT2D eigenvalue weighted by molar-refractivity contribution is -0.120. The summed E-state index contributed by atoms with van der Waals surface area (Å²) in [6, 6.07) is 15.5. The highest BCUT2D eigenvalue weighted by Gasteiger charge is 2.21. The van der Waals surface area contributed by atoms with Gasteiger partial charge >= 0.3 is 0 Å². The van der Waals surface area contributed by atoms with Crippen molar-refractivity contribution in [2.75, 3.05) is 16.4 Å². The zero-order chi connectivity index (χ0) is 20.1. The van der Waals surface area contributed by atoms with Crippen LogP contribution >= 0.6 is 11.8 Å². The Balaban J connectivity index is 1.30. The second kappa shape index (κ2) is 9.18. The minimum absolute atomic E-state index is 0.0578. The molecule has 1 fully saturated rings. The normalized spacial score (nSPS) is 14.6. The third kappa shape index (κ3) is 5.21. The van der Waals surface area contributed by atoms with E-state index in [1.807, 2.05) is 54.7 Å². The summed E-state index contributed by atoms with van der Waals surface area (Å²) in [6.07, 6.45) is 7.35. The Kier molecular flexibility index (Phi) is 6.20. The average Bonchev–Trinajstić information content (AvgIpc) is 3.21. The first kappa shape index (κ1) is 19.6. The maximum absolute atomic E-state index is 12.4. The number of H-pyrrole nitrogens is 1. The number of rotatable bonds is 6. The predicted octanol–water partition coefficient (Wildman–Crippen LogP) is 5.42. The van der Waals surface area contributed by atoms with Gasteiger partial charge in [0.1, 0.15) is 0 Å². The largest absolute Gasteiger partial charge is 0.361 e. The van der Waals surface area contributed by atoms with Crippen molar-refractivity contribution in [1.82, 2.24) is 4.98 Å². The number of hydrogen-bond acceptors (Lipinski definition) is 3. The first-order chi connectivity index (χ1) is 14.2. The summed E-state index contributed by atoms with van der Waals surface area (Å²) < 4.78 is 0. The first-order valence-electron chi connectivity index (χ1n) is 10.1. The number of amides is 2. The van der Waals surface area contributed by atoms with Crippen molar-refractivity contribution < 1.29 is 9.59 Å². The summed E-state index contributed by atoms with van der Waals surface area (Å²) in [7, 11) is 0. The van der Waals surface area contributed by atoms with Gasteiger partial charge in [-0.2, -0.15) is 0 Å². The molecule has 29 heavy (non-hydrogen) atoms. The Morgan fingerprint density at radius 2 is 1.79 bits per heavy atom. The summed E-state index contributed by atoms with van der Waals surface area (Å²) in [6.45, 7) is 0. The Morgan fingerprint density at radius 1 is 0.966 bits per heavy atom. The Bertz CT molecular complexity index is 1010. The van der Waals surface area contributed by atoms with E-state index in [1.165, 1.54) is 18.2 Å². The fraction of sp³-hybridized carbons (Fsp3) is 0.304. The van der Waals surface area contributed by atoms with E-state index in [2.05, 4.69) is 15.6 Å². The van der Waals surface area contributed by atoms with Crippen LogP contribution in [0.15, 0.2) is 59.6 Å². The summed E-state index contributed by atoms with van der Waals surface area (Å²) in [4.78, 5) is 28.9. The number of aromatic nitrogens is 1. The second-order valence-electron chi connectivity index (χ2n) is 7.47. The zero-order valence-electron chi connectivity index (χ0n) is 16.2. The highest BCUT2D eigenvalue weighted by atomic mass is 32.2. The maximum Gasteiger partial charge on any atom is 0.234 e. The van der Waals surface area contributed by atoms with Gasteiger partial charge in [-0.25, -0.2) is 0 Å². The SMILES string of the molecule is O=C(CSc1cccc(NC(=O)C2CCCCC2)c1)Nc1ccc2cc[nH]c2c1. The van der Waals surface area contributed by atoms with Crippen LogP contribution in [0.25, 0.3) is 10.9 Å². The van der Waals surface area contributed by atoms with Crippen LogP contribution in [0.1, 0.15) is 32.1 Å². The van der Waals surface area contributed by atoms with Crippen molar-refractivity contribution in [3.63, 3.8) is 0 Å². The molecule has 5 nitrogen and oxygen atoms in total. The molecule has 6 heteroatoms. The van der Waals surface area contributed by atoms with Crippen molar-refractivity contribution in [3.8, 4) is 0 Å². The molecular formula is C23H25N3O2S. The molecule has 0 atom stereocenters. The van der Waals surface area contributed by atoms with Crippen LogP contribution in [0.2, 0.25) is 0 Å². The Morgan fingerprint density at radius 3 is 2.66 bits per heavy atom. The van der Waals surface area contributed by atoms with Gasteiger partial charge in [0.05, 0.1) is 5.75 Å². The van der Waals surface area contributed by atoms with Gasteiger partial charge in [0, 0.05) is 33.9 Å². The van der Waals surface area contributed by atoms with Crippen LogP contribution < -0.4 is 10.6 Å². The highest BCUT2D eigenvalue weighted by Crippen LogP contribution is 2.27. The average molecular weight is 408 g/mol. The lowest BCUT2D eigenvalue weighted by atomic mass is 9.88. The maximum atomic E-state index is 12.4. The lowest BCUT2D eigenvalue weighted by Gasteiger charge is -2.20. The van der Waals surface area contributed by atoms with E-state index in [4.69, 9.17) is 0 Å². The van der Waals surface area contributed by atoms with E-state index < -0.39 is 0 Å². The molecule has 3 aromatic rings. The number of aromatic amines is 1. The lowest BCUT2D eigenvalue weighted by Crippen LogP contribution is -2.24. The van der Waals surface area contributed by atoms with Crippen molar-refractivity contribution in [1.29, 1.82) is 0 Å². The topological polar surface area (TPSA) is 74.0 Å². The van der Waals surface area contributed by atoms with Crippen molar-refractivity contribution in [3.05, 3.63) is 54.7 Å². The molecule has 1 aromatic heterocycles. The van der Waals surface area contributed by atoms with Gasteiger partial charge in [0.15, 0.2) is 0 Å². The van der Waals surface area contributed by atoms with Crippen molar-refractivity contribution in [2.45, 2.75) is 37.0 Å². The van der Waals surface area contributed by atoms with Crippen LogP contribution in [0.4, 0.5) is 11.4 Å². The number of carbonyl (C=O) groups excluding carboxylic acids is 2. The molecule has 0 saturated heterocycles. The van der Waals surface area contributed by atoms with Gasteiger partial charge in [-0.1, -0.05) is 31.4 Å². The molecule has 1 heterocycles. The van der Waals surface area contributed by atoms with E-state index in [1.54, 1.807) is 0 Å². The Labute approximate surface area is 174 Å². The number of thioether (sulfide) groups is 1. The molecule has 0 bridgehead atoms. The summed E-state index contributed by atoms with van der Waals surface area (Å²) >= 11 is 1.46. The standard InChI is InChI=1S/C23H25N3O2S/c27-22(25-19-10-9-16-11-12-24-21(16)14-19)15-29-20-8-4-7-18(13-20)26-23(28)17-5-2-1-3-6-17/h4,7-14,17,24H,1-3,5-6,15H2,(H,25,27)(H,26,28). The van der Waals surface area contributed by atoms with Crippen LogP contribution in [-0.4, -0.2) is 22.6 Å². The smallest absolute Gasteiger partial charge is 0.234 e. The van der Waals surface area contributed by atoms with Gasteiger partial charge in [-0.05, 0) is 54.6 Å². The fourth-order valence-electron chi connectivity index (χ4n) is 3.74. The predicted molar refractivity (Wildman–Crippen MR) is 119 cm³/mol. The van der Waals surface area contributed by atoms with Crippen molar-refractivity contribution >= 4 is 45.9 Å². The molecule has 0 radical (unpaired) electrons. The monoisotopic (exact) mass is 407 g/mol. The number of carbonyl (C=O) groups is 2. The van der Waals surface area contributed by atoms with Gasteiger partial charge < -0.3 is 15.6 Å². The third-order valence-electron chi connectivity index (χ3n) is 5.29. The quantitative estimate of drug-likeness (QED) is 0.478. The Hall–Kier alpha value is -2.73. The molecule has 2 aromatic carbocycles. The summed E-state index contributed by atoms with van der Waals surface area (Å²) in [5.74, 6) is 0.493. The number of hydrogen-bond donors (Lipinski definition) is 3. The molecule has 0 unspecified atom stereocenters. The van der Waals surface area contributed by atoms with Gasteiger partial charge in [0.25, 0.3) is 0 Å². The minimum Gasteiger partial charge on any atom is -0.361 e. The summed E-state index contributed by atoms with van der Waals surface area (Å²) in [5.41, 5.74) is 2.57. The molecule has 1 saturated carbocycles. The second-order valence-corrected chi connectivity index (χ2v) is 8.52. The number of fused-ring (bicyclic) bond motifs is 1. The first-order valence-corrected chi connectivity index (χ1v) is 11.1.